The van der Waals surface area contributed by atoms with Gasteiger partial charge in [-0.2, -0.15) is 0 Å². The first-order valence-electron chi connectivity index (χ1n) is 6.78. The van der Waals surface area contributed by atoms with Crippen molar-refractivity contribution in [3.8, 4) is 11.5 Å². The summed E-state index contributed by atoms with van der Waals surface area (Å²) < 4.78 is 18.2. The molecular formula is C16H13ClFN3O2. The van der Waals surface area contributed by atoms with Crippen LogP contribution in [0, 0.1) is 5.82 Å². The maximum Gasteiger partial charge on any atom is 0.162 e. The number of aromatic hydroxyl groups is 1. The fraction of sp³-hybridized carbons (Fsp3) is 0.125. The Morgan fingerprint density at radius 1 is 1.26 bits per heavy atom. The highest BCUT2D eigenvalue weighted by atomic mass is 35.5. The topological polar surface area (TPSA) is 67.3 Å². The standard InChI is InChI=1S/C16H13ClFN3O2/c1-23-15-6-13-10(5-14(15)22)16(21-8-20-13)19-7-9-2-3-12(18)11(17)4-9/h2-6,8,22H,7H2,1H3,(H,19,20,21). The van der Waals surface area contributed by atoms with Gasteiger partial charge in [-0.15, -0.1) is 0 Å². The molecule has 5 nitrogen and oxygen atoms in total. The average molecular weight is 334 g/mol. The lowest BCUT2D eigenvalue weighted by molar-refractivity contribution is 0.374. The van der Waals surface area contributed by atoms with E-state index in [0.717, 1.165) is 5.56 Å². The molecule has 3 rings (SSSR count). The van der Waals surface area contributed by atoms with Crippen molar-refractivity contribution >= 4 is 28.3 Å². The van der Waals surface area contributed by atoms with E-state index in [4.69, 9.17) is 16.3 Å². The summed E-state index contributed by atoms with van der Waals surface area (Å²) in [6.45, 7) is 0.402. The molecule has 0 aliphatic rings. The number of phenols is 1. The van der Waals surface area contributed by atoms with Gasteiger partial charge in [0.2, 0.25) is 0 Å². The molecule has 0 saturated heterocycles. The van der Waals surface area contributed by atoms with Crippen LogP contribution in [0.5, 0.6) is 11.5 Å². The molecule has 0 aliphatic carbocycles. The van der Waals surface area contributed by atoms with E-state index in [1.165, 1.54) is 25.6 Å². The van der Waals surface area contributed by atoms with Crippen molar-refractivity contribution in [3.05, 3.63) is 53.1 Å². The Bertz CT molecular complexity index is 873. The smallest absolute Gasteiger partial charge is 0.162 e. The lowest BCUT2D eigenvalue weighted by Crippen LogP contribution is -2.03. The molecule has 3 aromatic rings. The van der Waals surface area contributed by atoms with Crippen LogP contribution in [0.2, 0.25) is 5.02 Å². The number of halogens is 2. The molecule has 0 amide bonds. The summed E-state index contributed by atoms with van der Waals surface area (Å²) in [6.07, 6.45) is 1.42. The zero-order chi connectivity index (χ0) is 16.4. The van der Waals surface area contributed by atoms with Gasteiger partial charge in [0.15, 0.2) is 11.5 Å². The van der Waals surface area contributed by atoms with Crippen LogP contribution >= 0.6 is 11.6 Å². The Kier molecular flexibility index (Phi) is 4.16. The highest BCUT2D eigenvalue weighted by molar-refractivity contribution is 6.30. The van der Waals surface area contributed by atoms with Crippen molar-refractivity contribution in [1.82, 2.24) is 9.97 Å². The van der Waals surface area contributed by atoms with Crippen LogP contribution in [0.1, 0.15) is 5.56 Å². The van der Waals surface area contributed by atoms with Gasteiger partial charge in [0, 0.05) is 18.0 Å². The van der Waals surface area contributed by atoms with E-state index < -0.39 is 5.82 Å². The van der Waals surface area contributed by atoms with E-state index in [1.807, 2.05) is 0 Å². The number of nitrogens with one attached hydrogen (secondary N) is 1. The minimum Gasteiger partial charge on any atom is -0.504 e. The molecule has 7 heteroatoms. The normalized spacial score (nSPS) is 10.7. The molecular weight excluding hydrogens is 321 g/mol. The summed E-state index contributed by atoms with van der Waals surface area (Å²) in [7, 11) is 1.47. The second-order valence-electron chi connectivity index (χ2n) is 4.87. The Morgan fingerprint density at radius 2 is 2.09 bits per heavy atom. The fourth-order valence-corrected chi connectivity index (χ4v) is 2.42. The summed E-state index contributed by atoms with van der Waals surface area (Å²) in [6, 6.07) is 7.67. The summed E-state index contributed by atoms with van der Waals surface area (Å²) in [4.78, 5) is 8.34. The van der Waals surface area contributed by atoms with Crippen LogP contribution in [-0.2, 0) is 6.54 Å². The predicted molar refractivity (Wildman–Crippen MR) is 86.5 cm³/mol. The van der Waals surface area contributed by atoms with Crippen molar-refractivity contribution in [2.45, 2.75) is 6.54 Å². The number of fused-ring (bicyclic) bond motifs is 1. The number of benzene rings is 2. The molecule has 0 unspecified atom stereocenters. The second-order valence-corrected chi connectivity index (χ2v) is 5.27. The lowest BCUT2D eigenvalue weighted by Gasteiger charge is -2.10. The third-order valence-electron chi connectivity index (χ3n) is 3.38. The van der Waals surface area contributed by atoms with Crippen molar-refractivity contribution in [2.24, 2.45) is 0 Å². The molecule has 0 fully saturated rings. The summed E-state index contributed by atoms with van der Waals surface area (Å²) in [5.41, 5.74) is 1.44. The molecule has 0 bridgehead atoms. The first kappa shape index (κ1) is 15.3. The van der Waals surface area contributed by atoms with Crippen LogP contribution in [0.25, 0.3) is 10.9 Å². The van der Waals surface area contributed by atoms with Crippen LogP contribution in [0.15, 0.2) is 36.7 Å². The number of rotatable bonds is 4. The van der Waals surface area contributed by atoms with Gasteiger partial charge in [-0.05, 0) is 23.8 Å². The summed E-state index contributed by atoms with van der Waals surface area (Å²) >= 11 is 5.77. The van der Waals surface area contributed by atoms with Gasteiger partial charge in [-0.1, -0.05) is 17.7 Å². The first-order chi connectivity index (χ1) is 11.1. The Balaban J connectivity index is 1.90. The Labute approximate surface area is 136 Å². The molecule has 0 atom stereocenters. The average Bonchev–Trinajstić information content (AvgIpc) is 2.55. The van der Waals surface area contributed by atoms with Gasteiger partial charge in [0.1, 0.15) is 18.0 Å². The minimum atomic E-state index is -0.458. The number of hydrogen-bond acceptors (Lipinski definition) is 5. The minimum absolute atomic E-state index is 0.00248. The molecule has 0 radical (unpaired) electrons. The monoisotopic (exact) mass is 333 g/mol. The first-order valence-corrected chi connectivity index (χ1v) is 7.16. The van der Waals surface area contributed by atoms with Crippen molar-refractivity contribution in [2.75, 3.05) is 12.4 Å². The maximum atomic E-state index is 13.2. The van der Waals surface area contributed by atoms with Crippen LogP contribution < -0.4 is 10.1 Å². The summed E-state index contributed by atoms with van der Waals surface area (Å²) in [5, 5.41) is 13.8. The molecule has 0 saturated carbocycles. The SMILES string of the molecule is COc1cc2ncnc(NCc3ccc(F)c(Cl)c3)c2cc1O. The molecule has 2 N–H and O–H groups in total. The quantitative estimate of drug-likeness (QED) is 0.761. The van der Waals surface area contributed by atoms with Gasteiger partial charge in [0.05, 0.1) is 17.6 Å². The van der Waals surface area contributed by atoms with Crippen LogP contribution in [-0.4, -0.2) is 22.2 Å². The Hall–Kier alpha value is -2.60. The number of methoxy groups -OCH3 is 1. The van der Waals surface area contributed by atoms with Gasteiger partial charge >= 0.3 is 0 Å². The van der Waals surface area contributed by atoms with Crippen molar-refractivity contribution in [1.29, 1.82) is 0 Å². The van der Waals surface area contributed by atoms with Crippen molar-refractivity contribution < 1.29 is 14.2 Å². The highest BCUT2D eigenvalue weighted by Crippen LogP contribution is 2.32. The number of hydrogen-bond donors (Lipinski definition) is 2. The van der Waals surface area contributed by atoms with Crippen LogP contribution in [0.4, 0.5) is 10.2 Å². The number of aromatic nitrogens is 2. The van der Waals surface area contributed by atoms with Crippen molar-refractivity contribution in [3.63, 3.8) is 0 Å². The summed E-state index contributed by atoms with van der Waals surface area (Å²) in [5.74, 6) is 0.434. The van der Waals surface area contributed by atoms with E-state index in [1.54, 1.807) is 18.2 Å². The van der Waals surface area contributed by atoms with Gasteiger partial charge in [-0.25, -0.2) is 14.4 Å². The van der Waals surface area contributed by atoms with Crippen LogP contribution in [0.3, 0.4) is 0 Å². The van der Waals surface area contributed by atoms with Gasteiger partial charge in [0.25, 0.3) is 0 Å². The van der Waals surface area contributed by atoms with E-state index in [0.29, 0.717) is 29.0 Å². The largest absolute Gasteiger partial charge is 0.504 e. The third-order valence-corrected chi connectivity index (χ3v) is 3.67. The van der Waals surface area contributed by atoms with Gasteiger partial charge < -0.3 is 15.2 Å². The molecule has 2 aromatic carbocycles. The van der Waals surface area contributed by atoms with E-state index in [2.05, 4.69) is 15.3 Å². The third kappa shape index (κ3) is 3.12. The molecule has 23 heavy (non-hydrogen) atoms. The highest BCUT2D eigenvalue weighted by Gasteiger charge is 2.10. The van der Waals surface area contributed by atoms with E-state index >= 15 is 0 Å². The predicted octanol–water partition coefficient (Wildman–Crippen LogP) is 3.75. The number of phenolic OH excluding ortho intramolecular Hbond substituents is 1. The lowest BCUT2D eigenvalue weighted by atomic mass is 10.2. The number of nitrogens with zero attached hydrogens (tertiary/aromatic N) is 2. The zero-order valence-corrected chi connectivity index (χ0v) is 12.9. The molecule has 1 aromatic heterocycles. The Morgan fingerprint density at radius 3 is 2.83 bits per heavy atom. The van der Waals surface area contributed by atoms with E-state index in [-0.39, 0.29) is 10.8 Å². The van der Waals surface area contributed by atoms with Gasteiger partial charge in [-0.3, -0.25) is 0 Å². The number of anilines is 1. The number of ether oxygens (including phenoxy) is 1. The molecule has 118 valence electrons. The van der Waals surface area contributed by atoms with E-state index in [9.17, 15) is 9.50 Å². The maximum absolute atomic E-state index is 13.2. The second kappa shape index (κ2) is 6.26. The molecule has 0 aliphatic heterocycles. The molecule has 1 heterocycles. The zero-order valence-electron chi connectivity index (χ0n) is 12.2. The molecule has 0 spiro atoms. The fourth-order valence-electron chi connectivity index (χ4n) is 2.21.